The fraction of sp³-hybridized carbons (Fsp3) is 0.263. The minimum atomic E-state index is -4.66. The number of aromatic nitrogens is 2. The Bertz CT molecular complexity index is 1010. The molecule has 3 aromatic rings. The summed E-state index contributed by atoms with van der Waals surface area (Å²) >= 11 is 1.62. The van der Waals surface area contributed by atoms with Crippen molar-refractivity contribution in [3.05, 3.63) is 74.1 Å². The van der Waals surface area contributed by atoms with Crippen LogP contribution in [-0.2, 0) is 25.7 Å². The van der Waals surface area contributed by atoms with Crippen molar-refractivity contribution in [2.45, 2.75) is 25.7 Å². The number of hydrogen-bond acceptors (Lipinski definition) is 4. The first kappa shape index (κ1) is 17.9. The molecule has 3 heterocycles. The van der Waals surface area contributed by atoms with Gasteiger partial charge in [0.05, 0.1) is 5.69 Å². The quantitative estimate of drug-likeness (QED) is 0.732. The van der Waals surface area contributed by atoms with Crippen LogP contribution in [0.4, 0.5) is 13.2 Å². The lowest BCUT2D eigenvalue weighted by Gasteiger charge is -2.27. The number of H-pyrrole nitrogens is 1. The molecule has 0 saturated carbocycles. The fourth-order valence-corrected chi connectivity index (χ4v) is 4.16. The zero-order valence-electron chi connectivity index (χ0n) is 14.2. The third kappa shape index (κ3) is 3.81. The third-order valence-corrected chi connectivity index (χ3v) is 5.48. The van der Waals surface area contributed by atoms with Gasteiger partial charge in [-0.05, 0) is 29.0 Å². The van der Waals surface area contributed by atoms with E-state index in [-0.39, 0.29) is 12.2 Å². The average molecular weight is 391 g/mol. The average Bonchev–Trinajstić information content (AvgIpc) is 3.10. The van der Waals surface area contributed by atoms with Crippen molar-refractivity contribution in [2.24, 2.45) is 0 Å². The minimum absolute atomic E-state index is 0.220. The highest BCUT2D eigenvalue weighted by Gasteiger charge is 2.36. The van der Waals surface area contributed by atoms with E-state index in [1.807, 2.05) is 40.2 Å². The van der Waals surface area contributed by atoms with E-state index in [1.54, 1.807) is 11.3 Å². The summed E-state index contributed by atoms with van der Waals surface area (Å²) in [5.74, 6) is -1.23. The molecule has 1 aliphatic rings. The molecule has 1 aliphatic heterocycles. The molecule has 0 spiro atoms. The molecular weight excluding hydrogens is 375 g/mol. The number of aromatic amines is 1. The van der Waals surface area contributed by atoms with Crippen LogP contribution in [0.1, 0.15) is 22.0 Å². The van der Waals surface area contributed by atoms with E-state index in [0.29, 0.717) is 25.1 Å². The minimum Gasteiger partial charge on any atom is -0.303 e. The van der Waals surface area contributed by atoms with E-state index in [2.05, 4.69) is 16.4 Å². The van der Waals surface area contributed by atoms with E-state index in [4.69, 9.17) is 0 Å². The number of rotatable bonds is 3. The van der Waals surface area contributed by atoms with Gasteiger partial charge in [-0.3, -0.25) is 9.69 Å². The predicted molar refractivity (Wildman–Crippen MR) is 97.4 cm³/mol. The molecule has 0 atom stereocenters. The molecule has 0 saturated heterocycles. The second kappa shape index (κ2) is 6.94. The van der Waals surface area contributed by atoms with Crippen LogP contribution in [0.25, 0.3) is 11.1 Å². The molecule has 0 unspecified atom stereocenters. The second-order valence-corrected chi connectivity index (χ2v) is 7.46. The van der Waals surface area contributed by atoms with Crippen LogP contribution in [0.15, 0.2) is 46.6 Å². The molecule has 27 heavy (non-hydrogen) atoms. The molecule has 2 aromatic heterocycles. The Hall–Kier alpha value is -2.45. The maximum absolute atomic E-state index is 12.9. The molecule has 0 fully saturated rings. The number of alkyl halides is 3. The van der Waals surface area contributed by atoms with Crippen LogP contribution < -0.4 is 5.56 Å². The van der Waals surface area contributed by atoms with Gasteiger partial charge in [0.15, 0.2) is 0 Å². The van der Waals surface area contributed by atoms with E-state index < -0.39 is 17.6 Å². The Morgan fingerprint density at radius 1 is 1.19 bits per heavy atom. The number of benzene rings is 1. The second-order valence-electron chi connectivity index (χ2n) is 6.47. The van der Waals surface area contributed by atoms with E-state index in [1.165, 1.54) is 0 Å². The molecule has 140 valence electrons. The topological polar surface area (TPSA) is 49.0 Å². The Morgan fingerprint density at radius 3 is 2.70 bits per heavy atom. The zero-order chi connectivity index (χ0) is 19.0. The monoisotopic (exact) mass is 391 g/mol. The van der Waals surface area contributed by atoms with Crippen LogP contribution in [-0.4, -0.2) is 21.4 Å². The molecule has 0 aliphatic carbocycles. The Morgan fingerprint density at radius 2 is 1.96 bits per heavy atom. The van der Waals surface area contributed by atoms with Gasteiger partial charge in [-0.15, -0.1) is 11.3 Å². The summed E-state index contributed by atoms with van der Waals surface area (Å²) in [6.45, 7) is 1.47. The molecule has 0 amide bonds. The largest absolute Gasteiger partial charge is 0.449 e. The van der Waals surface area contributed by atoms with Crippen molar-refractivity contribution in [1.82, 2.24) is 14.9 Å². The van der Waals surface area contributed by atoms with Crippen molar-refractivity contribution >= 4 is 11.3 Å². The van der Waals surface area contributed by atoms with Crippen molar-refractivity contribution in [1.29, 1.82) is 0 Å². The number of nitrogens with one attached hydrogen (secondary N) is 1. The molecular formula is C19H16F3N3OS. The van der Waals surface area contributed by atoms with Gasteiger partial charge in [-0.1, -0.05) is 30.3 Å². The van der Waals surface area contributed by atoms with E-state index in [0.717, 1.165) is 16.0 Å². The summed E-state index contributed by atoms with van der Waals surface area (Å²) in [7, 11) is 0. The fourth-order valence-electron chi connectivity index (χ4n) is 3.23. The van der Waals surface area contributed by atoms with Gasteiger partial charge in [-0.2, -0.15) is 13.2 Å². The first-order valence-corrected chi connectivity index (χ1v) is 9.32. The van der Waals surface area contributed by atoms with Gasteiger partial charge in [0.2, 0.25) is 5.82 Å². The maximum atomic E-state index is 12.9. The Balaban J connectivity index is 1.53. The smallest absolute Gasteiger partial charge is 0.303 e. The molecule has 1 aromatic carbocycles. The zero-order valence-corrected chi connectivity index (χ0v) is 15.0. The summed E-state index contributed by atoms with van der Waals surface area (Å²) in [5.41, 5.74) is 2.15. The standard InChI is InChI=1S/C19H16F3N3OS/c20-19(21,22)18-23-16-10-25(7-6-15(16)17(26)24-18)9-14-8-13(11-27-14)12-4-2-1-3-5-12/h1-5,8,11H,6-7,9-10H2,(H,23,24,26). The summed E-state index contributed by atoms with van der Waals surface area (Å²) in [5, 5.41) is 2.08. The molecule has 8 heteroatoms. The number of halogens is 3. The maximum Gasteiger partial charge on any atom is 0.449 e. The van der Waals surface area contributed by atoms with Gasteiger partial charge in [0, 0.05) is 30.1 Å². The number of hydrogen-bond donors (Lipinski definition) is 1. The van der Waals surface area contributed by atoms with E-state index >= 15 is 0 Å². The van der Waals surface area contributed by atoms with Gasteiger partial charge >= 0.3 is 6.18 Å². The number of fused-ring (bicyclic) bond motifs is 1. The summed E-state index contributed by atoms with van der Waals surface area (Å²) in [6.07, 6.45) is -4.26. The molecule has 0 radical (unpaired) electrons. The Labute approximate surface area is 157 Å². The van der Waals surface area contributed by atoms with Crippen LogP contribution in [0.3, 0.4) is 0 Å². The first-order valence-electron chi connectivity index (χ1n) is 8.44. The van der Waals surface area contributed by atoms with Crippen molar-refractivity contribution in [3.63, 3.8) is 0 Å². The van der Waals surface area contributed by atoms with Crippen molar-refractivity contribution < 1.29 is 13.2 Å². The molecule has 4 nitrogen and oxygen atoms in total. The van der Waals surface area contributed by atoms with Crippen LogP contribution in [0.5, 0.6) is 0 Å². The highest BCUT2D eigenvalue weighted by molar-refractivity contribution is 7.10. The van der Waals surface area contributed by atoms with E-state index in [9.17, 15) is 18.0 Å². The summed E-state index contributed by atoms with van der Waals surface area (Å²) in [6, 6.07) is 12.1. The Kier molecular flexibility index (Phi) is 4.61. The van der Waals surface area contributed by atoms with Gasteiger partial charge in [-0.25, -0.2) is 4.98 Å². The first-order chi connectivity index (χ1) is 12.9. The van der Waals surface area contributed by atoms with Gasteiger partial charge in [0.25, 0.3) is 5.56 Å². The highest BCUT2D eigenvalue weighted by atomic mass is 32.1. The van der Waals surface area contributed by atoms with Crippen LogP contribution in [0, 0.1) is 0 Å². The van der Waals surface area contributed by atoms with Crippen molar-refractivity contribution in [3.8, 4) is 11.1 Å². The molecule has 0 bridgehead atoms. The number of nitrogens with zero attached hydrogens (tertiary/aromatic N) is 2. The lowest BCUT2D eigenvalue weighted by Crippen LogP contribution is -2.36. The molecule has 1 N–H and O–H groups in total. The van der Waals surface area contributed by atoms with Crippen LogP contribution in [0.2, 0.25) is 0 Å². The number of thiophene rings is 1. The highest BCUT2D eigenvalue weighted by Crippen LogP contribution is 2.29. The predicted octanol–water partition coefficient (Wildman–Crippen LogP) is 4.08. The normalized spacial score (nSPS) is 14.9. The summed E-state index contributed by atoms with van der Waals surface area (Å²) < 4.78 is 38.7. The van der Waals surface area contributed by atoms with Gasteiger partial charge < -0.3 is 4.98 Å². The lowest BCUT2D eigenvalue weighted by molar-refractivity contribution is -0.145. The van der Waals surface area contributed by atoms with Gasteiger partial charge in [0.1, 0.15) is 0 Å². The summed E-state index contributed by atoms with van der Waals surface area (Å²) in [4.78, 5) is 20.6. The lowest BCUT2D eigenvalue weighted by atomic mass is 10.1. The van der Waals surface area contributed by atoms with Crippen molar-refractivity contribution in [2.75, 3.05) is 6.54 Å². The molecule has 4 rings (SSSR count). The van der Waals surface area contributed by atoms with Crippen LogP contribution >= 0.6 is 11.3 Å². The SMILES string of the molecule is O=c1[nH]c(C(F)(F)F)nc2c1CCN(Cc1cc(-c3ccccc3)cs1)C2. The third-order valence-electron chi connectivity index (χ3n) is 4.56.